The lowest BCUT2D eigenvalue weighted by Crippen LogP contribution is -2.39. The van der Waals surface area contributed by atoms with Crippen molar-refractivity contribution in [2.45, 2.75) is 19.4 Å². The van der Waals surface area contributed by atoms with Crippen LogP contribution in [0.2, 0.25) is 0 Å². The minimum absolute atomic E-state index is 0.00587. The highest BCUT2D eigenvalue weighted by atomic mass is 16.5. The smallest absolute Gasteiger partial charge is 0.165 e. The molecule has 1 aromatic carbocycles. The Labute approximate surface area is 107 Å². The minimum atomic E-state index is -0.00587. The van der Waals surface area contributed by atoms with Gasteiger partial charge in [0, 0.05) is 25.1 Å². The van der Waals surface area contributed by atoms with Crippen LogP contribution >= 0.6 is 0 Å². The summed E-state index contributed by atoms with van der Waals surface area (Å²) in [6.45, 7) is 4.24. The van der Waals surface area contributed by atoms with E-state index in [2.05, 4.69) is 5.32 Å². The zero-order chi connectivity index (χ0) is 13.0. The molecule has 0 bridgehead atoms. The van der Waals surface area contributed by atoms with Gasteiger partial charge in [0.1, 0.15) is 5.75 Å². The number of nitrogens with one attached hydrogen (secondary N) is 1. The number of carbonyl (C=O) groups excluding carboxylic acids is 1. The number of hydrogen-bond acceptors (Lipinski definition) is 4. The topological polar surface area (TPSA) is 47.6 Å². The van der Waals surface area contributed by atoms with Crippen LogP contribution in [0.25, 0.3) is 0 Å². The Morgan fingerprint density at radius 1 is 1.56 bits per heavy atom. The van der Waals surface area contributed by atoms with Gasteiger partial charge in [0.05, 0.1) is 19.8 Å². The summed E-state index contributed by atoms with van der Waals surface area (Å²) in [5.41, 5.74) is 1.70. The van der Waals surface area contributed by atoms with Gasteiger partial charge >= 0.3 is 0 Å². The Bertz CT molecular complexity index is 425. The molecular formula is C14H19NO3. The number of ether oxygens (including phenoxy) is 2. The van der Waals surface area contributed by atoms with E-state index < -0.39 is 0 Å². The average molecular weight is 249 g/mol. The first-order chi connectivity index (χ1) is 8.70. The Balaban J connectivity index is 2.01. The van der Waals surface area contributed by atoms with Crippen molar-refractivity contribution >= 4 is 5.78 Å². The highest BCUT2D eigenvalue weighted by Gasteiger charge is 2.18. The number of benzene rings is 1. The van der Waals surface area contributed by atoms with Crippen molar-refractivity contribution in [1.82, 2.24) is 5.32 Å². The van der Waals surface area contributed by atoms with Crippen LogP contribution in [0, 0.1) is 6.92 Å². The molecule has 1 saturated heterocycles. The summed E-state index contributed by atoms with van der Waals surface area (Å²) in [5.74, 6) is 0.927. The largest absolute Gasteiger partial charge is 0.496 e. The van der Waals surface area contributed by atoms with Crippen LogP contribution in [0.15, 0.2) is 18.2 Å². The second-order valence-electron chi connectivity index (χ2n) is 4.51. The van der Waals surface area contributed by atoms with Gasteiger partial charge in [-0.05, 0) is 30.7 Å². The molecule has 1 unspecified atom stereocenters. The maximum atomic E-state index is 12.1. The molecule has 2 rings (SSSR count). The van der Waals surface area contributed by atoms with Crippen molar-refractivity contribution < 1.29 is 14.3 Å². The van der Waals surface area contributed by atoms with Crippen molar-refractivity contribution in [1.29, 1.82) is 0 Å². The van der Waals surface area contributed by atoms with Crippen LogP contribution in [-0.4, -0.2) is 38.7 Å². The van der Waals surface area contributed by atoms with Gasteiger partial charge in [-0.2, -0.15) is 0 Å². The first-order valence-corrected chi connectivity index (χ1v) is 6.21. The molecule has 1 N–H and O–H groups in total. The zero-order valence-electron chi connectivity index (χ0n) is 10.9. The minimum Gasteiger partial charge on any atom is -0.496 e. The zero-order valence-corrected chi connectivity index (χ0v) is 10.9. The van der Waals surface area contributed by atoms with Crippen LogP contribution in [0.5, 0.6) is 5.75 Å². The number of rotatable bonds is 4. The van der Waals surface area contributed by atoms with Gasteiger partial charge in [-0.3, -0.25) is 4.79 Å². The van der Waals surface area contributed by atoms with Crippen molar-refractivity contribution in [3.8, 4) is 5.75 Å². The molecule has 1 fully saturated rings. The summed E-state index contributed by atoms with van der Waals surface area (Å²) in [6.07, 6.45) is 0.423. The third-order valence-corrected chi connectivity index (χ3v) is 3.13. The third-order valence-electron chi connectivity index (χ3n) is 3.13. The highest BCUT2D eigenvalue weighted by Crippen LogP contribution is 2.20. The number of morpholine rings is 1. The second kappa shape index (κ2) is 5.98. The van der Waals surface area contributed by atoms with Crippen LogP contribution in [0.3, 0.4) is 0 Å². The number of Topliss-reactive ketones (excluding diaryl/α,β-unsaturated/α-hetero) is 1. The molecule has 1 aliphatic heterocycles. The van der Waals surface area contributed by atoms with E-state index in [1.807, 2.05) is 25.1 Å². The van der Waals surface area contributed by atoms with E-state index in [4.69, 9.17) is 9.47 Å². The number of methoxy groups -OCH3 is 1. The van der Waals surface area contributed by atoms with Gasteiger partial charge in [-0.15, -0.1) is 0 Å². The molecule has 0 spiro atoms. The number of hydrogen-bond donors (Lipinski definition) is 1. The molecule has 98 valence electrons. The number of ketones is 1. The summed E-state index contributed by atoms with van der Waals surface area (Å²) >= 11 is 0. The van der Waals surface area contributed by atoms with Crippen molar-refractivity contribution in [3.05, 3.63) is 29.3 Å². The monoisotopic (exact) mass is 249 g/mol. The molecule has 0 aromatic heterocycles. The SMILES string of the molecule is COc1ccc(C(=O)CC2CNCCO2)cc1C. The Hall–Kier alpha value is -1.39. The Kier molecular flexibility index (Phi) is 4.33. The first kappa shape index (κ1) is 13.1. The third kappa shape index (κ3) is 3.09. The molecule has 0 amide bonds. The lowest BCUT2D eigenvalue weighted by Gasteiger charge is -2.23. The van der Waals surface area contributed by atoms with Gasteiger partial charge in [0.2, 0.25) is 0 Å². The van der Waals surface area contributed by atoms with Crippen molar-refractivity contribution in [2.24, 2.45) is 0 Å². The predicted octanol–water partition coefficient (Wildman–Crippen LogP) is 1.56. The summed E-state index contributed by atoms with van der Waals surface area (Å²) in [6, 6.07) is 5.52. The Morgan fingerprint density at radius 2 is 2.39 bits per heavy atom. The van der Waals surface area contributed by atoms with E-state index in [1.54, 1.807) is 7.11 Å². The molecule has 1 aromatic rings. The average Bonchev–Trinajstić information content (AvgIpc) is 2.39. The Morgan fingerprint density at radius 3 is 3.00 bits per heavy atom. The summed E-state index contributed by atoms with van der Waals surface area (Å²) in [7, 11) is 1.63. The van der Waals surface area contributed by atoms with E-state index in [0.717, 1.165) is 30.0 Å². The summed E-state index contributed by atoms with van der Waals surface area (Å²) < 4.78 is 10.7. The normalized spacial score (nSPS) is 19.6. The van der Waals surface area contributed by atoms with Crippen LogP contribution < -0.4 is 10.1 Å². The number of aryl methyl sites for hydroxylation is 1. The number of carbonyl (C=O) groups is 1. The fourth-order valence-electron chi connectivity index (χ4n) is 2.13. The lowest BCUT2D eigenvalue weighted by atomic mass is 10.0. The molecule has 18 heavy (non-hydrogen) atoms. The molecular weight excluding hydrogens is 230 g/mol. The highest BCUT2D eigenvalue weighted by molar-refractivity contribution is 5.96. The molecule has 1 heterocycles. The van der Waals surface area contributed by atoms with Crippen LogP contribution in [-0.2, 0) is 4.74 Å². The van der Waals surface area contributed by atoms with E-state index in [1.165, 1.54) is 0 Å². The van der Waals surface area contributed by atoms with Crippen LogP contribution in [0.4, 0.5) is 0 Å². The van der Waals surface area contributed by atoms with E-state index in [-0.39, 0.29) is 11.9 Å². The molecule has 4 heteroatoms. The standard InChI is InChI=1S/C14H19NO3/c1-10-7-11(3-4-14(10)17-2)13(16)8-12-9-15-5-6-18-12/h3-4,7,12,15H,5-6,8-9H2,1-2H3. The predicted molar refractivity (Wildman–Crippen MR) is 69.3 cm³/mol. The van der Waals surface area contributed by atoms with Crippen molar-refractivity contribution in [2.75, 3.05) is 26.8 Å². The van der Waals surface area contributed by atoms with E-state index in [0.29, 0.717) is 13.0 Å². The maximum Gasteiger partial charge on any atom is 0.165 e. The summed E-state index contributed by atoms with van der Waals surface area (Å²) in [5, 5.41) is 3.22. The second-order valence-corrected chi connectivity index (χ2v) is 4.51. The van der Waals surface area contributed by atoms with Gasteiger partial charge in [0.25, 0.3) is 0 Å². The molecule has 1 atom stereocenters. The first-order valence-electron chi connectivity index (χ1n) is 6.21. The molecule has 4 nitrogen and oxygen atoms in total. The van der Waals surface area contributed by atoms with E-state index in [9.17, 15) is 4.79 Å². The molecule has 0 radical (unpaired) electrons. The molecule has 1 aliphatic rings. The maximum absolute atomic E-state index is 12.1. The fourth-order valence-corrected chi connectivity index (χ4v) is 2.13. The lowest BCUT2D eigenvalue weighted by molar-refractivity contribution is 0.0240. The summed E-state index contributed by atoms with van der Waals surface area (Å²) in [4.78, 5) is 12.1. The van der Waals surface area contributed by atoms with Gasteiger partial charge < -0.3 is 14.8 Å². The van der Waals surface area contributed by atoms with Gasteiger partial charge in [-0.25, -0.2) is 0 Å². The van der Waals surface area contributed by atoms with E-state index >= 15 is 0 Å². The molecule has 0 aliphatic carbocycles. The molecule has 0 saturated carbocycles. The van der Waals surface area contributed by atoms with Crippen LogP contribution in [0.1, 0.15) is 22.3 Å². The van der Waals surface area contributed by atoms with Gasteiger partial charge in [-0.1, -0.05) is 0 Å². The van der Waals surface area contributed by atoms with Gasteiger partial charge in [0.15, 0.2) is 5.78 Å². The quantitative estimate of drug-likeness (QED) is 0.823. The fraction of sp³-hybridized carbons (Fsp3) is 0.500. The van der Waals surface area contributed by atoms with Crippen molar-refractivity contribution in [3.63, 3.8) is 0 Å².